The molecule has 0 heterocycles. The zero-order valence-corrected chi connectivity index (χ0v) is 13.2. The van der Waals surface area contributed by atoms with Gasteiger partial charge in [-0.3, -0.25) is 0 Å². The first-order chi connectivity index (χ1) is 9.83. The lowest BCUT2D eigenvalue weighted by Gasteiger charge is -2.28. The van der Waals surface area contributed by atoms with E-state index in [-0.39, 0.29) is 5.56 Å². The Morgan fingerprint density at radius 3 is 2.43 bits per heavy atom. The fourth-order valence-electron chi connectivity index (χ4n) is 2.04. The van der Waals surface area contributed by atoms with E-state index in [4.69, 9.17) is 0 Å². The number of hydrogen-bond acceptors (Lipinski definition) is 2. The summed E-state index contributed by atoms with van der Waals surface area (Å²) in [7, 11) is 0. The number of carbonyl (C=O) groups is 1. The maximum absolute atomic E-state index is 14.1. The summed E-state index contributed by atoms with van der Waals surface area (Å²) in [5, 5.41) is 12.5. The Labute approximate surface area is 130 Å². The number of nitrogens with one attached hydrogen (secondary N) is 1. The first-order valence-corrected chi connectivity index (χ1v) is 7.16. The lowest BCUT2D eigenvalue weighted by molar-refractivity contribution is -0.142. The molecule has 5 heteroatoms. The van der Waals surface area contributed by atoms with Crippen LogP contribution in [0.25, 0.3) is 0 Å². The van der Waals surface area contributed by atoms with Gasteiger partial charge < -0.3 is 10.4 Å². The van der Waals surface area contributed by atoms with Gasteiger partial charge in [0.25, 0.3) is 0 Å². The summed E-state index contributed by atoms with van der Waals surface area (Å²) >= 11 is 3.25. The Bertz CT molecular complexity index is 672. The number of carboxylic acids is 1. The number of benzene rings is 2. The predicted octanol–water partition coefficient (Wildman–Crippen LogP) is 4.31. The summed E-state index contributed by atoms with van der Waals surface area (Å²) in [6.07, 6.45) is 0. The number of hydrogen-bond donors (Lipinski definition) is 2. The monoisotopic (exact) mass is 351 g/mol. The molecule has 21 heavy (non-hydrogen) atoms. The molecule has 0 spiro atoms. The number of rotatable bonds is 4. The molecule has 2 aromatic carbocycles. The molecule has 0 fully saturated rings. The highest BCUT2D eigenvalue weighted by Gasteiger charge is 2.37. The molecule has 2 rings (SSSR count). The third kappa shape index (κ3) is 3.24. The van der Waals surface area contributed by atoms with Crippen molar-refractivity contribution >= 4 is 27.6 Å². The Morgan fingerprint density at radius 1 is 1.24 bits per heavy atom. The molecule has 110 valence electrons. The molecule has 0 amide bonds. The molecule has 0 bridgehead atoms. The summed E-state index contributed by atoms with van der Waals surface area (Å²) in [6.45, 7) is 3.38. The van der Waals surface area contributed by atoms with Gasteiger partial charge in [-0.25, -0.2) is 9.18 Å². The van der Waals surface area contributed by atoms with Gasteiger partial charge in [-0.15, -0.1) is 0 Å². The quantitative estimate of drug-likeness (QED) is 0.862. The lowest BCUT2D eigenvalue weighted by atomic mass is 9.91. The highest BCUT2D eigenvalue weighted by atomic mass is 79.9. The maximum atomic E-state index is 14.1. The molecule has 2 aromatic rings. The molecule has 3 nitrogen and oxygen atoms in total. The third-order valence-corrected chi connectivity index (χ3v) is 3.83. The molecule has 0 aliphatic rings. The molecule has 2 N–H and O–H groups in total. The van der Waals surface area contributed by atoms with Crippen LogP contribution in [0.5, 0.6) is 0 Å². The highest BCUT2D eigenvalue weighted by molar-refractivity contribution is 9.10. The second-order valence-corrected chi connectivity index (χ2v) is 5.96. The summed E-state index contributed by atoms with van der Waals surface area (Å²) < 4.78 is 14.7. The van der Waals surface area contributed by atoms with Crippen LogP contribution in [0.4, 0.5) is 10.1 Å². The molecule has 1 unspecified atom stereocenters. The average Bonchev–Trinajstić information content (AvgIpc) is 2.43. The first kappa shape index (κ1) is 15.5. The van der Waals surface area contributed by atoms with Crippen LogP contribution >= 0.6 is 15.9 Å². The van der Waals surface area contributed by atoms with Crippen LogP contribution in [0.1, 0.15) is 18.1 Å². The van der Waals surface area contributed by atoms with E-state index in [1.54, 1.807) is 12.1 Å². The zero-order valence-electron chi connectivity index (χ0n) is 11.7. The van der Waals surface area contributed by atoms with Gasteiger partial charge in [0, 0.05) is 15.7 Å². The molecule has 0 aliphatic carbocycles. The molecule has 0 aliphatic heterocycles. The van der Waals surface area contributed by atoms with Crippen LogP contribution < -0.4 is 5.32 Å². The number of anilines is 1. The van der Waals surface area contributed by atoms with Crippen LogP contribution in [0.15, 0.2) is 46.9 Å². The highest BCUT2D eigenvalue weighted by Crippen LogP contribution is 2.30. The minimum absolute atomic E-state index is 0.0740. The predicted molar refractivity (Wildman–Crippen MR) is 83.9 cm³/mol. The largest absolute Gasteiger partial charge is 0.479 e. The molecule has 0 aromatic heterocycles. The Hall–Kier alpha value is -1.88. The fraction of sp³-hybridized carbons (Fsp3) is 0.188. The topological polar surface area (TPSA) is 49.3 Å². The van der Waals surface area contributed by atoms with Crippen molar-refractivity contribution in [1.82, 2.24) is 0 Å². The van der Waals surface area contributed by atoms with Crippen molar-refractivity contribution < 1.29 is 14.3 Å². The zero-order chi connectivity index (χ0) is 15.6. The lowest BCUT2D eigenvalue weighted by Crippen LogP contribution is -2.41. The van der Waals surface area contributed by atoms with E-state index in [9.17, 15) is 14.3 Å². The summed E-state index contributed by atoms with van der Waals surface area (Å²) in [5.74, 6) is -1.72. The molecule has 1 atom stereocenters. The molecule has 0 saturated carbocycles. The minimum atomic E-state index is -1.57. The summed E-state index contributed by atoms with van der Waals surface area (Å²) in [5.41, 5.74) is 0.185. The van der Waals surface area contributed by atoms with E-state index >= 15 is 0 Å². The average molecular weight is 352 g/mol. The van der Waals surface area contributed by atoms with Gasteiger partial charge in [0.05, 0.1) is 0 Å². The van der Waals surface area contributed by atoms with E-state index in [2.05, 4.69) is 21.2 Å². The second-order valence-electron chi connectivity index (χ2n) is 5.05. The molecular weight excluding hydrogens is 337 g/mol. The normalized spacial score (nSPS) is 13.5. The molecule has 0 radical (unpaired) electrons. The number of aliphatic carboxylic acids is 1. The van der Waals surface area contributed by atoms with E-state index in [0.29, 0.717) is 10.2 Å². The number of halogens is 2. The van der Waals surface area contributed by atoms with Gasteiger partial charge in [0.2, 0.25) is 0 Å². The Kier molecular flexibility index (Phi) is 4.32. The van der Waals surface area contributed by atoms with Crippen molar-refractivity contribution in [2.24, 2.45) is 0 Å². The Balaban J connectivity index is 2.47. The van der Waals surface area contributed by atoms with Crippen molar-refractivity contribution in [3.05, 3.63) is 63.9 Å². The van der Waals surface area contributed by atoms with Crippen molar-refractivity contribution in [1.29, 1.82) is 0 Å². The van der Waals surface area contributed by atoms with Crippen LogP contribution in [-0.2, 0) is 10.3 Å². The van der Waals surface area contributed by atoms with Crippen LogP contribution in [0.3, 0.4) is 0 Å². The standard InChI is InChI=1S/C16H15BrFNO2/c1-10-3-6-12(7-4-10)19-16(2,15(20)21)13-9-11(17)5-8-14(13)18/h3-9,19H,1-2H3,(H,20,21). The van der Waals surface area contributed by atoms with Gasteiger partial charge in [0.1, 0.15) is 5.82 Å². The van der Waals surface area contributed by atoms with Crippen LogP contribution in [0.2, 0.25) is 0 Å². The second kappa shape index (κ2) is 5.85. The van der Waals surface area contributed by atoms with Crippen LogP contribution in [0, 0.1) is 12.7 Å². The third-order valence-electron chi connectivity index (χ3n) is 3.34. The number of carboxylic acid groups (broad SMARTS) is 1. The smallest absolute Gasteiger partial charge is 0.333 e. The van der Waals surface area contributed by atoms with Crippen molar-refractivity contribution in [3.8, 4) is 0 Å². The van der Waals surface area contributed by atoms with E-state index in [1.165, 1.54) is 25.1 Å². The van der Waals surface area contributed by atoms with Crippen molar-refractivity contribution in [3.63, 3.8) is 0 Å². The number of aryl methyl sites for hydroxylation is 1. The Morgan fingerprint density at radius 2 is 1.86 bits per heavy atom. The van der Waals surface area contributed by atoms with Crippen molar-refractivity contribution in [2.75, 3.05) is 5.32 Å². The molecular formula is C16H15BrFNO2. The van der Waals surface area contributed by atoms with Gasteiger partial charge >= 0.3 is 5.97 Å². The van der Waals surface area contributed by atoms with Gasteiger partial charge in [-0.2, -0.15) is 0 Å². The minimum Gasteiger partial charge on any atom is -0.479 e. The van der Waals surface area contributed by atoms with E-state index in [1.807, 2.05) is 19.1 Å². The van der Waals surface area contributed by atoms with Gasteiger partial charge in [-0.1, -0.05) is 33.6 Å². The van der Waals surface area contributed by atoms with Crippen LogP contribution in [-0.4, -0.2) is 11.1 Å². The van der Waals surface area contributed by atoms with Gasteiger partial charge in [0.15, 0.2) is 5.54 Å². The van der Waals surface area contributed by atoms with E-state index < -0.39 is 17.3 Å². The maximum Gasteiger partial charge on any atom is 0.333 e. The first-order valence-electron chi connectivity index (χ1n) is 6.37. The molecule has 0 saturated heterocycles. The van der Waals surface area contributed by atoms with E-state index in [0.717, 1.165) is 5.56 Å². The van der Waals surface area contributed by atoms with Gasteiger partial charge in [-0.05, 0) is 44.2 Å². The summed E-state index contributed by atoms with van der Waals surface area (Å²) in [4.78, 5) is 11.7. The fourth-order valence-corrected chi connectivity index (χ4v) is 2.40. The summed E-state index contributed by atoms with van der Waals surface area (Å²) in [6, 6.07) is 11.5. The van der Waals surface area contributed by atoms with Crippen molar-refractivity contribution in [2.45, 2.75) is 19.4 Å². The SMILES string of the molecule is Cc1ccc(NC(C)(C(=O)O)c2cc(Br)ccc2F)cc1.